The Morgan fingerprint density at radius 3 is 2.49 bits per heavy atom. The molecule has 2 aromatic carbocycles. The van der Waals surface area contributed by atoms with E-state index in [2.05, 4.69) is 10.1 Å². The van der Waals surface area contributed by atoms with E-state index in [1.165, 1.54) is 6.26 Å². The van der Waals surface area contributed by atoms with Crippen LogP contribution in [0, 0.1) is 0 Å². The van der Waals surface area contributed by atoms with Crippen molar-refractivity contribution in [1.29, 1.82) is 0 Å². The van der Waals surface area contributed by atoms with Gasteiger partial charge in [0, 0.05) is 25.1 Å². The number of rotatable bonds is 11. The predicted molar refractivity (Wildman–Crippen MR) is 128 cm³/mol. The minimum Gasteiger partial charge on any atom is -0.497 e. The maximum absolute atomic E-state index is 13.1. The molecule has 0 unspecified atom stereocenters. The SMILES string of the molecule is COc1cccc(-c2noc(CCN(CCc3ccc(OC)c(OC)c3)C(=O)c3ccco3)n2)c1. The van der Waals surface area contributed by atoms with E-state index in [9.17, 15) is 4.79 Å². The molecule has 2 heterocycles. The van der Waals surface area contributed by atoms with Crippen LogP contribution in [0.15, 0.2) is 69.8 Å². The van der Waals surface area contributed by atoms with Crippen LogP contribution >= 0.6 is 0 Å². The maximum atomic E-state index is 13.1. The van der Waals surface area contributed by atoms with Gasteiger partial charge in [-0.2, -0.15) is 4.98 Å². The Balaban J connectivity index is 1.46. The quantitative estimate of drug-likeness (QED) is 0.316. The van der Waals surface area contributed by atoms with Crippen molar-refractivity contribution in [2.75, 3.05) is 34.4 Å². The molecule has 0 aliphatic carbocycles. The van der Waals surface area contributed by atoms with Crippen LogP contribution in [0.1, 0.15) is 22.0 Å². The predicted octanol–water partition coefficient (Wildman–Crippen LogP) is 4.28. The number of aromatic nitrogens is 2. The second kappa shape index (κ2) is 11.2. The van der Waals surface area contributed by atoms with Gasteiger partial charge in [0.1, 0.15) is 5.75 Å². The van der Waals surface area contributed by atoms with Crippen LogP contribution < -0.4 is 14.2 Å². The van der Waals surface area contributed by atoms with Crippen LogP contribution in [0.25, 0.3) is 11.4 Å². The molecule has 0 spiro atoms. The summed E-state index contributed by atoms with van der Waals surface area (Å²) < 4.78 is 26.7. The summed E-state index contributed by atoms with van der Waals surface area (Å²) >= 11 is 0. The van der Waals surface area contributed by atoms with Crippen LogP contribution in [-0.4, -0.2) is 55.4 Å². The number of ether oxygens (including phenoxy) is 3. The summed E-state index contributed by atoms with van der Waals surface area (Å²) in [5.74, 6) is 2.98. The van der Waals surface area contributed by atoms with Crippen molar-refractivity contribution in [2.24, 2.45) is 0 Å². The van der Waals surface area contributed by atoms with Gasteiger partial charge in [-0.3, -0.25) is 4.79 Å². The smallest absolute Gasteiger partial charge is 0.289 e. The molecule has 35 heavy (non-hydrogen) atoms. The molecule has 4 rings (SSSR count). The molecule has 0 N–H and O–H groups in total. The van der Waals surface area contributed by atoms with Crippen molar-refractivity contribution in [3.63, 3.8) is 0 Å². The monoisotopic (exact) mass is 477 g/mol. The van der Waals surface area contributed by atoms with E-state index in [1.54, 1.807) is 38.4 Å². The minimum absolute atomic E-state index is 0.206. The topological polar surface area (TPSA) is 100 Å². The van der Waals surface area contributed by atoms with Crippen LogP contribution in [0.3, 0.4) is 0 Å². The van der Waals surface area contributed by atoms with Crippen molar-refractivity contribution in [3.05, 3.63) is 78.1 Å². The first-order valence-electron chi connectivity index (χ1n) is 11.1. The normalized spacial score (nSPS) is 10.7. The average Bonchev–Trinajstić information content (AvgIpc) is 3.61. The number of carbonyl (C=O) groups is 1. The molecule has 9 nitrogen and oxygen atoms in total. The number of carbonyl (C=O) groups excluding carboxylic acids is 1. The molecule has 0 aliphatic heterocycles. The summed E-state index contributed by atoms with van der Waals surface area (Å²) in [4.78, 5) is 19.3. The van der Waals surface area contributed by atoms with E-state index in [1.807, 2.05) is 42.5 Å². The fourth-order valence-electron chi connectivity index (χ4n) is 3.64. The van der Waals surface area contributed by atoms with Crippen molar-refractivity contribution in [2.45, 2.75) is 12.8 Å². The molecular formula is C26H27N3O6. The highest BCUT2D eigenvalue weighted by Crippen LogP contribution is 2.28. The Labute approximate surface area is 203 Å². The molecular weight excluding hydrogens is 450 g/mol. The molecule has 1 amide bonds. The molecule has 9 heteroatoms. The van der Waals surface area contributed by atoms with E-state index < -0.39 is 0 Å². The van der Waals surface area contributed by atoms with E-state index in [0.717, 1.165) is 11.1 Å². The molecule has 2 aromatic heterocycles. The van der Waals surface area contributed by atoms with Crippen molar-refractivity contribution >= 4 is 5.91 Å². The average molecular weight is 478 g/mol. The van der Waals surface area contributed by atoms with Crippen LogP contribution in [0.2, 0.25) is 0 Å². The second-order valence-corrected chi connectivity index (χ2v) is 7.70. The zero-order chi connectivity index (χ0) is 24.6. The first-order valence-corrected chi connectivity index (χ1v) is 11.1. The molecule has 0 aliphatic rings. The lowest BCUT2D eigenvalue weighted by Gasteiger charge is -2.21. The third-order valence-electron chi connectivity index (χ3n) is 5.53. The molecule has 0 radical (unpaired) electrons. The fourth-order valence-corrected chi connectivity index (χ4v) is 3.64. The minimum atomic E-state index is -0.206. The number of hydrogen-bond donors (Lipinski definition) is 0. The third-order valence-corrected chi connectivity index (χ3v) is 5.53. The van der Waals surface area contributed by atoms with Gasteiger partial charge in [0.2, 0.25) is 11.7 Å². The van der Waals surface area contributed by atoms with Crippen LogP contribution in [0.4, 0.5) is 0 Å². The summed E-state index contributed by atoms with van der Waals surface area (Å²) in [6.07, 6.45) is 2.50. The lowest BCUT2D eigenvalue weighted by Crippen LogP contribution is -2.34. The Bertz CT molecular complexity index is 1250. The van der Waals surface area contributed by atoms with Crippen LogP contribution in [0.5, 0.6) is 17.2 Å². The second-order valence-electron chi connectivity index (χ2n) is 7.70. The third kappa shape index (κ3) is 5.81. The Kier molecular flexibility index (Phi) is 7.67. The highest BCUT2D eigenvalue weighted by Gasteiger charge is 2.20. The highest BCUT2D eigenvalue weighted by atomic mass is 16.5. The lowest BCUT2D eigenvalue weighted by molar-refractivity contribution is 0.0724. The van der Waals surface area contributed by atoms with Gasteiger partial charge in [0.25, 0.3) is 5.91 Å². The summed E-state index contributed by atoms with van der Waals surface area (Å²) in [6, 6.07) is 16.5. The van der Waals surface area contributed by atoms with Crippen LogP contribution in [-0.2, 0) is 12.8 Å². The Morgan fingerprint density at radius 1 is 0.914 bits per heavy atom. The van der Waals surface area contributed by atoms with Gasteiger partial charge in [-0.1, -0.05) is 23.4 Å². The molecule has 0 saturated heterocycles. The van der Waals surface area contributed by atoms with E-state index in [0.29, 0.717) is 54.9 Å². The standard InChI is InChI=1S/C26H27N3O6/c1-31-20-7-4-6-19(17-20)25-27-24(35-28-25)12-14-29(26(30)22-8-5-15-34-22)13-11-18-9-10-21(32-2)23(16-18)33-3/h4-10,15-17H,11-14H2,1-3H3. The van der Waals surface area contributed by atoms with Crippen molar-refractivity contribution < 1.29 is 27.9 Å². The maximum Gasteiger partial charge on any atom is 0.289 e. The zero-order valence-corrected chi connectivity index (χ0v) is 19.9. The first kappa shape index (κ1) is 23.9. The highest BCUT2D eigenvalue weighted by molar-refractivity contribution is 5.91. The summed E-state index contributed by atoms with van der Waals surface area (Å²) in [5, 5.41) is 4.07. The Morgan fingerprint density at radius 2 is 1.74 bits per heavy atom. The Hall–Kier alpha value is -4.27. The largest absolute Gasteiger partial charge is 0.497 e. The van der Waals surface area contributed by atoms with E-state index >= 15 is 0 Å². The number of hydrogen-bond acceptors (Lipinski definition) is 8. The first-order chi connectivity index (χ1) is 17.1. The summed E-state index contributed by atoms with van der Waals surface area (Å²) in [5.41, 5.74) is 1.80. The van der Waals surface area contributed by atoms with Crippen molar-refractivity contribution in [1.82, 2.24) is 15.0 Å². The van der Waals surface area contributed by atoms with Gasteiger partial charge < -0.3 is 28.1 Å². The van der Waals surface area contributed by atoms with E-state index in [4.69, 9.17) is 23.2 Å². The molecule has 4 aromatic rings. The number of methoxy groups -OCH3 is 3. The fraction of sp³-hybridized carbons (Fsp3) is 0.269. The number of amides is 1. The number of nitrogens with zero attached hydrogens (tertiary/aromatic N) is 3. The number of benzene rings is 2. The molecule has 0 fully saturated rings. The van der Waals surface area contributed by atoms with Gasteiger partial charge in [0.05, 0.1) is 27.6 Å². The van der Waals surface area contributed by atoms with Crippen molar-refractivity contribution in [3.8, 4) is 28.6 Å². The van der Waals surface area contributed by atoms with Gasteiger partial charge in [-0.05, 0) is 48.4 Å². The van der Waals surface area contributed by atoms with Gasteiger partial charge in [0.15, 0.2) is 17.3 Å². The number of furan rings is 1. The molecule has 0 atom stereocenters. The van der Waals surface area contributed by atoms with Gasteiger partial charge in [-0.25, -0.2) is 0 Å². The van der Waals surface area contributed by atoms with E-state index in [-0.39, 0.29) is 11.7 Å². The molecule has 0 saturated carbocycles. The van der Waals surface area contributed by atoms with Gasteiger partial charge >= 0.3 is 0 Å². The zero-order valence-electron chi connectivity index (χ0n) is 19.9. The summed E-state index contributed by atoms with van der Waals surface area (Å²) in [6.45, 7) is 0.846. The summed E-state index contributed by atoms with van der Waals surface area (Å²) in [7, 11) is 4.80. The molecule has 0 bridgehead atoms. The lowest BCUT2D eigenvalue weighted by atomic mass is 10.1. The molecule has 182 valence electrons. The van der Waals surface area contributed by atoms with Gasteiger partial charge in [-0.15, -0.1) is 0 Å².